The summed E-state index contributed by atoms with van der Waals surface area (Å²) in [6.45, 7) is 1.40. The maximum atomic E-state index is 11.6. The summed E-state index contributed by atoms with van der Waals surface area (Å²) in [6.07, 6.45) is 10.6. The van der Waals surface area contributed by atoms with Crippen LogP contribution < -0.4 is 5.32 Å². The topological polar surface area (TPSA) is 49.4 Å². The second-order valence-corrected chi connectivity index (χ2v) is 9.85. The second kappa shape index (κ2) is 5.20. The van der Waals surface area contributed by atoms with Crippen molar-refractivity contribution in [2.45, 2.75) is 57.0 Å². The first-order valence-electron chi connectivity index (χ1n) is 8.73. The minimum absolute atomic E-state index is 0.534. The lowest BCUT2D eigenvalue weighted by Crippen LogP contribution is -2.50. The van der Waals surface area contributed by atoms with Crippen molar-refractivity contribution in [3.8, 4) is 0 Å². The van der Waals surface area contributed by atoms with Crippen LogP contribution in [0.15, 0.2) is 0 Å². The minimum atomic E-state index is -2.99. The van der Waals surface area contributed by atoms with Crippen LogP contribution in [0.3, 0.4) is 0 Å². The van der Waals surface area contributed by atoms with E-state index >= 15 is 0 Å². The fourth-order valence-electron chi connectivity index (χ4n) is 5.92. The lowest BCUT2D eigenvalue weighted by Gasteiger charge is -2.37. The smallest absolute Gasteiger partial charge is 0.211 e. The van der Waals surface area contributed by atoms with Crippen molar-refractivity contribution in [2.75, 3.05) is 19.3 Å². The van der Waals surface area contributed by atoms with Gasteiger partial charge in [0, 0.05) is 25.2 Å². The summed E-state index contributed by atoms with van der Waals surface area (Å²) in [7, 11) is -2.99. The van der Waals surface area contributed by atoms with Gasteiger partial charge in [0.05, 0.1) is 6.26 Å². The third-order valence-electron chi connectivity index (χ3n) is 6.80. The fraction of sp³-hybridized carbons (Fsp3) is 1.00. The van der Waals surface area contributed by atoms with Crippen LogP contribution in [0.4, 0.5) is 0 Å². The molecule has 4 fully saturated rings. The van der Waals surface area contributed by atoms with E-state index in [1.54, 1.807) is 4.31 Å². The van der Waals surface area contributed by atoms with Gasteiger partial charge in [-0.15, -0.1) is 0 Å². The van der Waals surface area contributed by atoms with Crippen LogP contribution in [0.25, 0.3) is 0 Å². The van der Waals surface area contributed by atoms with Gasteiger partial charge in [0.1, 0.15) is 0 Å². The average molecular weight is 312 g/mol. The molecule has 1 saturated heterocycles. The van der Waals surface area contributed by atoms with Crippen molar-refractivity contribution in [3.05, 3.63) is 0 Å². The third-order valence-corrected chi connectivity index (χ3v) is 8.10. The Hall–Kier alpha value is -0.130. The first kappa shape index (κ1) is 14.5. The molecular weight excluding hydrogens is 284 g/mol. The molecule has 4 aliphatic rings. The van der Waals surface area contributed by atoms with E-state index in [4.69, 9.17) is 0 Å². The number of hydrogen-bond donors (Lipinski definition) is 1. The molecule has 2 bridgehead atoms. The molecule has 1 aliphatic heterocycles. The standard InChI is InChI=1S/C16H28N2O2S/c1-21(19,20)18-7-5-12(6-8-18)17-16-10-11-9-15(16)14-4-2-3-13(11)14/h11-17H,2-10H2,1H3. The quantitative estimate of drug-likeness (QED) is 0.865. The third kappa shape index (κ3) is 2.55. The van der Waals surface area contributed by atoms with Crippen molar-refractivity contribution in [1.29, 1.82) is 0 Å². The monoisotopic (exact) mass is 312 g/mol. The fourth-order valence-corrected chi connectivity index (χ4v) is 6.79. The molecule has 0 spiro atoms. The van der Waals surface area contributed by atoms with Gasteiger partial charge in [-0.1, -0.05) is 6.42 Å². The van der Waals surface area contributed by atoms with Gasteiger partial charge in [-0.25, -0.2) is 12.7 Å². The number of nitrogens with zero attached hydrogens (tertiary/aromatic N) is 1. The summed E-state index contributed by atoms with van der Waals surface area (Å²) in [5.41, 5.74) is 0. The van der Waals surface area contributed by atoms with E-state index in [2.05, 4.69) is 5.32 Å². The van der Waals surface area contributed by atoms with Gasteiger partial charge in [-0.2, -0.15) is 0 Å². The highest BCUT2D eigenvalue weighted by atomic mass is 32.2. The van der Waals surface area contributed by atoms with Crippen molar-refractivity contribution in [2.24, 2.45) is 23.7 Å². The minimum Gasteiger partial charge on any atom is -0.311 e. The number of piperidine rings is 1. The first-order chi connectivity index (χ1) is 10.0. The van der Waals surface area contributed by atoms with Crippen LogP contribution in [0, 0.1) is 23.7 Å². The lowest BCUT2D eigenvalue weighted by atomic mass is 9.78. The van der Waals surface area contributed by atoms with Crippen LogP contribution in [-0.2, 0) is 10.0 Å². The molecule has 1 heterocycles. The van der Waals surface area contributed by atoms with E-state index in [1.807, 2.05) is 0 Å². The molecule has 5 heteroatoms. The zero-order chi connectivity index (χ0) is 14.6. The molecule has 0 aromatic rings. The summed E-state index contributed by atoms with van der Waals surface area (Å²) in [6, 6.07) is 1.26. The molecule has 0 aromatic heterocycles. The molecule has 0 aromatic carbocycles. The number of hydrogen-bond acceptors (Lipinski definition) is 3. The molecule has 21 heavy (non-hydrogen) atoms. The number of sulfonamides is 1. The zero-order valence-corrected chi connectivity index (χ0v) is 13.8. The van der Waals surface area contributed by atoms with Gasteiger partial charge in [0.2, 0.25) is 10.0 Å². The summed E-state index contributed by atoms with van der Waals surface area (Å²) in [5.74, 6) is 3.99. The van der Waals surface area contributed by atoms with Crippen molar-refractivity contribution < 1.29 is 8.42 Å². The molecule has 120 valence electrons. The molecule has 4 rings (SSSR count). The Bertz CT molecular complexity index is 498. The molecular formula is C16H28N2O2S. The molecule has 0 amide bonds. The SMILES string of the molecule is CS(=O)(=O)N1CCC(NC2CC3CC2C2CCCC32)CC1. The van der Waals surface area contributed by atoms with E-state index in [9.17, 15) is 8.42 Å². The predicted octanol–water partition coefficient (Wildman–Crippen LogP) is 1.82. The van der Waals surface area contributed by atoms with Gasteiger partial charge >= 0.3 is 0 Å². The molecule has 5 atom stereocenters. The van der Waals surface area contributed by atoms with E-state index in [-0.39, 0.29) is 0 Å². The summed E-state index contributed by atoms with van der Waals surface area (Å²) in [5, 5.41) is 3.91. The Morgan fingerprint density at radius 3 is 2.38 bits per heavy atom. The largest absolute Gasteiger partial charge is 0.311 e. The molecule has 3 aliphatic carbocycles. The average Bonchev–Trinajstić information content (AvgIpc) is 3.10. The van der Waals surface area contributed by atoms with Crippen LogP contribution >= 0.6 is 0 Å². The predicted molar refractivity (Wildman–Crippen MR) is 83.4 cm³/mol. The number of fused-ring (bicyclic) bond motifs is 5. The Morgan fingerprint density at radius 1 is 0.952 bits per heavy atom. The molecule has 3 saturated carbocycles. The van der Waals surface area contributed by atoms with Crippen molar-refractivity contribution in [3.63, 3.8) is 0 Å². The number of rotatable bonds is 3. The number of nitrogens with one attached hydrogen (secondary N) is 1. The van der Waals surface area contributed by atoms with Gasteiger partial charge in [0.25, 0.3) is 0 Å². The normalized spacial score (nSPS) is 44.3. The van der Waals surface area contributed by atoms with Crippen LogP contribution in [-0.4, -0.2) is 44.2 Å². The Balaban J connectivity index is 1.32. The van der Waals surface area contributed by atoms with E-state index < -0.39 is 10.0 Å². The van der Waals surface area contributed by atoms with Gasteiger partial charge in [-0.3, -0.25) is 0 Å². The zero-order valence-electron chi connectivity index (χ0n) is 13.0. The van der Waals surface area contributed by atoms with Gasteiger partial charge < -0.3 is 5.32 Å². The highest BCUT2D eigenvalue weighted by molar-refractivity contribution is 7.88. The maximum absolute atomic E-state index is 11.6. The van der Waals surface area contributed by atoms with Gasteiger partial charge in [0.15, 0.2) is 0 Å². The molecule has 4 nitrogen and oxygen atoms in total. The first-order valence-corrected chi connectivity index (χ1v) is 10.6. The summed E-state index contributed by atoms with van der Waals surface area (Å²) < 4.78 is 24.8. The highest BCUT2D eigenvalue weighted by Gasteiger charge is 2.53. The summed E-state index contributed by atoms with van der Waals surface area (Å²) in [4.78, 5) is 0. The van der Waals surface area contributed by atoms with Crippen LogP contribution in [0.5, 0.6) is 0 Å². The van der Waals surface area contributed by atoms with E-state index in [0.717, 1.165) is 42.6 Å². The Kier molecular flexibility index (Phi) is 3.58. The van der Waals surface area contributed by atoms with E-state index in [0.29, 0.717) is 19.1 Å². The summed E-state index contributed by atoms with van der Waals surface area (Å²) >= 11 is 0. The Morgan fingerprint density at radius 2 is 1.67 bits per heavy atom. The maximum Gasteiger partial charge on any atom is 0.211 e. The van der Waals surface area contributed by atoms with Crippen molar-refractivity contribution in [1.82, 2.24) is 9.62 Å². The molecule has 1 N–H and O–H groups in total. The second-order valence-electron chi connectivity index (χ2n) is 7.86. The highest BCUT2D eigenvalue weighted by Crippen LogP contribution is 2.58. The molecule has 5 unspecified atom stereocenters. The lowest BCUT2D eigenvalue weighted by molar-refractivity contribution is 0.181. The van der Waals surface area contributed by atoms with Crippen molar-refractivity contribution >= 4 is 10.0 Å². The molecule has 0 radical (unpaired) electrons. The van der Waals surface area contributed by atoms with Gasteiger partial charge in [-0.05, 0) is 62.2 Å². The van der Waals surface area contributed by atoms with E-state index in [1.165, 1.54) is 38.4 Å². The van der Waals surface area contributed by atoms with Crippen LogP contribution in [0.1, 0.15) is 44.9 Å². The van der Waals surface area contributed by atoms with Crippen LogP contribution in [0.2, 0.25) is 0 Å². The Labute approximate surface area is 128 Å².